The van der Waals surface area contributed by atoms with Crippen molar-refractivity contribution < 1.29 is 9.66 Å². The summed E-state index contributed by atoms with van der Waals surface area (Å²) < 4.78 is 5.11. The van der Waals surface area contributed by atoms with Crippen LogP contribution in [0.4, 0.5) is 17.3 Å². The van der Waals surface area contributed by atoms with Crippen molar-refractivity contribution in [3.63, 3.8) is 0 Å². The van der Waals surface area contributed by atoms with Crippen molar-refractivity contribution in [3.8, 4) is 5.88 Å². The van der Waals surface area contributed by atoms with Crippen molar-refractivity contribution in [3.05, 3.63) is 45.1 Å². The molecule has 2 heterocycles. The molecule has 0 radical (unpaired) electrons. The van der Waals surface area contributed by atoms with E-state index in [2.05, 4.69) is 20.2 Å². The van der Waals surface area contributed by atoms with E-state index < -0.39 is 4.92 Å². The van der Waals surface area contributed by atoms with Crippen LogP contribution in [0.2, 0.25) is 5.02 Å². The van der Waals surface area contributed by atoms with Gasteiger partial charge in [-0.15, -0.1) is 0 Å². The van der Waals surface area contributed by atoms with Crippen LogP contribution in [-0.2, 0) is 0 Å². The van der Waals surface area contributed by atoms with Crippen molar-refractivity contribution in [2.45, 2.75) is 25.8 Å². The molecule has 0 saturated carbocycles. The molecule has 0 amide bonds. The molecular weight excluding hydrogens is 358 g/mol. The van der Waals surface area contributed by atoms with Crippen molar-refractivity contribution in [1.82, 2.24) is 9.97 Å². The fourth-order valence-electron chi connectivity index (χ4n) is 3.18. The minimum absolute atomic E-state index is 0.0166. The van der Waals surface area contributed by atoms with Crippen LogP contribution < -0.4 is 15.0 Å². The Hall–Kier alpha value is -2.61. The number of nitro benzene ring substituents is 1. The summed E-state index contributed by atoms with van der Waals surface area (Å²) in [7, 11) is 1.57. The molecule has 0 aliphatic carbocycles. The highest BCUT2D eigenvalue weighted by molar-refractivity contribution is 6.33. The Kier molecular flexibility index (Phi) is 5.41. The number of halogens is 1. The minimum Gasteiger partial charge on any atom is -0.481 e. The second-order valence-electron chi connectivity index (χ2n) is 6.18. The molecular formula is C17H20ClN5O3. The van der Waals surface area contributed by atoms with Gasteiger partial charge in [0.15, 0.2) is 0 Å². The monoisotopic (exact) mass is 377 g/mol. The first kappa shape index (κ1) is 18.2. The van der Waals surface area contributed by atoms with Crippen LogP contribution in [-0.4, -0.2) is 41.1 Å². The molecule has 1 aromatic heterocycles. The van der Waals surface area contributed by atoms with Gasteiger partial charge in [0.1, 0.15) is 0 Å². The van der Waals surface area contributed by atoms with E-state index in [9.17, 15) is 10.1 Å². The van der Waals surface area contributed by atoms with Gasteiger partial charge < -0.3 is 15.0 Å². The molecule has 1 saturated heterocycles. The molecule has 1 aliphatic heterocycles. The maximum Gasteiger partial charge on any atom is 0.271 e. The van der Waals surface area contributed by atoms with E-state index in [1.54, 1.807) is 25.4 Å². The molecule has 0 atom stereocenters. The van der Waals surface area contributed by atoms with Crippen LogP contribution in [0.1, 0.15) is 18.4 Å². The highest BCUT2D eigenvalue weighted by atomic mass is 35.5. The zero-order valence-electron chi connectivity index (χ0n) is 14.6. The fourth-order valence-corrected chi connectivity index (χ4v) is 3.56. The normalized spacial score (nSPS) is 15.0. The number of ether oxygens (including phenoxy) is 1. The quantitative estimate of drug-likeness (QED) is 0.630. The Morgan fingerprint density at radius 3 is 2.73 bits per heavy atom. The number of anilines is 2. The van der Waals surface area contributed by atoms with Crippen molar-refractivity contribution in [1.29, 1.82) is 0 Å². The number of benzene rings is 1. The number of nitrogens with zero attached hydrogens (tertiary/aromatic N) is 4. The average Bonchev–Trinajstić information content (AvgIpc) is 2.62. The smallest absolute Gasteiger partial charge is 0.271 e. The topological polar surface area (TPSA) is 93.4 Å². The predicted molar refractivity (Wildman–Crippen MR) is 100 cm³/mol. The second kappa shape index (κ2) is 7.74. The van der Waals surface area contributed by atoms with Crippen LogP contribution in [0, 0.1) is 17.0 Å². The molecule has 3 rings (SSSR count). The van der Waals surface area contributed by atoms with E-state index in [4.69, 9.17) is 16.3 Å². The molecule has 26 heavy (non-hydrogen) atoms. The number of hydrogen-bond donors (Lipinski definition) is 1. The van der Waals surface area contributed by atoms with Gasteiger partial charge in [-0.2, -0.15) is 4.98 Å². The number of aromatic nitrogens is 2. The molecule has 2 aromatic rings. The molecule has 8 nitrogen and oxygen atoms in total. The first-order chi connectivity index (χ1) is 12.5. The third kappa shape index (κ3) is 3.96. The van der Waals surface area contributed by atoms with E-state index in [-0.39, 0.29) is 11.7 Å². The standard InChI is InChI=1S/C17H20ClN5O3/c1-11-9-13(23(24)25)10-14(18)16(11)22-7-4-12(5-8-22)20-17-19-6-3-15(21-17)26-2/h3,6,9-10,12H,4-5,7-8H2,1-2H3,(H,19,20,21). The molecule has 9 heteroatoms. The van der Waals surface area contributed by atoms with E-state index in [0.717, 1.165) is 37.2 Å². The number of nitro groups is 1. The van der Waals surface area contributed by atoms with E-state index in [0.29, 0.717) is 16.9 Å². The van der Waals surface area contributed by atoms with Gasteiger partial charge in [0.25, 0.3) is 5.69 Å². The highest BCUT2D eigenvalue weighted by Gasteiger charge is 2.24. The van der Waals surface area contributed by atoms with Gasteiger partial charge in [-0.3, -0.25) is 10.1 Å². The van der Waals surface area contributed by atoms with E-state index in [1.807, 2.05) is 6.92 Å². The first-order valence-corrected chi connectivity index (χ1v) is 8.69. The Bertz CT molecular complexity index is 786. The zero-order valence-corrected chi connectivity index (χ0v) is 15.4. The summed E-state index contributed by atoms with van der Waals surface area (Å²) in [6, 6.07) is 4.93. The maximum atomic E-state index is 11.0. The summed E-state index contributed by atoms with van der Waals surface area (Å²) in [5.74, 6) is 1.07. The molecule has 138 valence electrons. The summed E-state index contributed by atoms with van der Waals surface area (Å²) in [5, 5.41) is 14.7. The lowest BCUT2D eigenvalue weighted by Gasteiger charge is -2.35. The lowest BCUT2D eigenvalue weighted by Crippen LogP contribution is -2.39. The third-order valence-corrected chi connectivity index (χ3v) is 4.72. The summed E-state index contributed by atoms with van der Waals surface area (Å²) in [6.07, 6.45) is 3.42. The van der Waals surface area contributed by atoms with E-state index in [1.165, 1.54) is 6.07 Å². The van der Waals surface area contributed by atoms with Gasteiger partial charge in [-0.1, -0.05) is 11.6 Å². The molecule has 1 fully saturated rings. The minimum atomic E-state index is -0.424. The van der Waals surface area contributed by atoms with Crippen LogP contribution in [0.15, 0.2) is 24.4 Å². The molecule has 1 aromatic carbocycles. The highest BCUT2D eigenvalue weighted by Crippen LogP contribution is 2.35. The van der Waals surface area contributed by atoms with E-state index >= 15 is 0 Å². The van der Waals surface area contributed by atoms with Crippen molar-refractivity contribution >= 4 is 28.9 Å². The lowest BCUT2D eigenvalue weighted by molar-refractivity contribution is -0.384. The maximum absolute atomic E-state index is 11.0. The predicted octanol–water partition coefficient (Wildman–Crippen LogP) is 3.44. The number of piperidine rings is 1. The summed E-state index contributed by atoms with van der Waals surface area (Å²) in [4.78, 5) is 21.2. The number of non-ortho nitro benzene ring substituents is 1. The number of methoxy groups -OCH3 is 1. The first-order valence-electron chi connectivity index (χ1n) is 8.31. The number of nitrogens with one attached hydrogen (secondary N) is 1. The van der Waals surface area contributed by atoms with Gasteiger partial charge in [0.05, 0.1) is 22.7 Å². The molecule has 0 bridgehead atoms. The average molecular weight is 378 g/mol. The lowest BCUT2D eigenvalue weighted by atomic mass is 10.0. The number of aryl methyl sites for hydroxylation is 1. The summed E-state index contributed by atoms with van der Waals surface area (Å²) in [6.45, 7) is 3.43. The van der Waals surface area contributed by atoms with Crippen LogP contribution in [0.3, 0.4) is 0 Å². The molecule has 0 spiro atoms. The SMILES string of the molecule is COc1ccnc(NC2CCN(c3c(C)cc([N+](=O)[O-])cc3Cl)CC2)n1. The third-order valence-electron chi connectivity index (χ3n) is 4.43. The Morgan fingerprint density at radius 1 is 1.38 bits per heavy atom. The van der Waals surface area contributed by atoms with Gasteiger partial charge >= 0.3 is 0 Å². The van der Waals surface area contributed by atoms with Gasteiger partial charge in [-0.05, 0) is 25.3 Å². The molecule has 0 unspecified atom stereocenters. The van der Waals surface area contributed by atoms with Crippen LogP contribution >= 0.6 is 11.6 Å². The number of rotatable bonds is 5. The molecule has 1 aliphatic rings. The Morgan fingerprint density at radius 2 is 2.12 bits per heavy atom. The Balaban J connectivity index is 1.66. The van der Waals surface area contributed by atoms with Crippen LogP contribution in [0.25, 0.3) is 0 Å². The van der Waals surface area contributed by atoms with Crippen molar-refractivity contribution in [2.75, 3.05) is 30.4 Å². The zero-order chi connectivity index (χ0) is 18.7. The summed E-state index contributed by atoms with van der Waals surface area (Å²) >= 11 is 6.32. The molecule has 1 N–H and O–H groups in total. The second-order valence-corrected chi connectivity index (χ2v) is 6.59. The summed E-state index contributed by atoms with van der Waals surface area (Å²) in [5.41, 5.74) is 1.70. The van der Waals surface area contributed by atoms with Gasteiger partial charge in [0, 0.05) is 43.5 Å². The largest absolute Gasteiger partial charge is 0.481 e. The van der Waals surface area contributed by atoms with Crippen molar-refractivity contribution in [2.24, 2.45) is 0 Å². The van der Waals surface area contributed by atoms with Crippen LogP contribution in [0.5, 0.6) is 5.88 Å². The van der Waals surface area contributed by atoms with Gasteiger partial charge in [-0.25, -0.2) is 4.98 Å². The van der Waals surface area contributed by atoms with Gasteiger partial charge in [0.2, 0.25) is 11.8 Å². The Labute approximate surface area is 156 Å². The fraction of sp³-hybridized carbons (Fsp3) is 0.412. The number of hydrogen-bond acceptors (Lipinski definition) is 7.